The molecule has 0 fully saturated rings. The van der Waals surface area contributed by atoms with Gasteiger partial charge in [-0.2, -0.15) is 0 Å². The Bertz CT molecular complexity index is 926. The van der Waals surface area contributed by atoms with Crippen LogP contribution in [-0.2, 0) is 19.5 Å². The fourth-order valence-electron chi connectivity index (χ4n) is 3.18. The number of aromatic amines is 1. The van der Waals surface area contributed by atoms with Gasteiger partial charge < -0.3 is 4.98 Å². The van der Waals surface area contributed by atoms with Crippen molar-refractivity contribution in [1.82, 2.24) is 14.9 Å². The predicted molar refractivity (Wildman–Crippen MR) is 102 cm³/mol. The predicted octanol–water partition coefficient (Wildman–Crippen LogP) is 4.73. The Morgan fingerprint density at radius 2 is 2.21 bits per heavy atom. The maximum Gasteiger partial charge on any atom is 0.196 e. The van der Waals surface area contributed by atoms with E-state index in [0.717, 1.165) is 26.1 Å². The first-order valence-electron chi connectivity index (χ1n) is 8.12. The lowest BCUT2D eigenvalue weighted by Gasteiger charge is -2.27. The van der Waals surface area contributed by atoms with Crippen LogP contribution in [0.4, 0.5) is 0 Å². The number of H-pyrrole nitrogens is 1. The molecule has 0 bridgehead atoms. The van der Waals surface area contributed by atoms with Gasteiger partial charge in [-0.1, -0.05) is 29.8 Å². The van der Waals surface area contributed by atoms with Crippen molar-refractivity contribution in [3.05, 3.63) is 69.1 Å². The third-order valence-electron chi connectivity index (χ3n) is 4.40. The van der Waals surface area contributed by atoms with Gasteiger partial charge in [-0.15, -0.1) is 11.3 Å². The molecule has 3 heterocycles. The van der Waals surface area contributed by atoms with E-state index in [1.54, 1.807) is 0 Å². The third kappa shape index (κ3) is 3.34. The van der Waals surface area contributed by atoms with Gasteiger partial charge in [-0.25, -0.2) is 4.98 Å². The van der Waals surface area contributed by atoms with Gasteiger partial charge in [-0.05, 0) is 36.8 Å². The maximum absolute atomic E-state index is 5.11. The molecule has 1 N–H and O–H groups in total. The van der Waals surface area contributed by atoms with Gasteiger partial charge in [0, 0.05) is 53.3 Å². The van der Waals surface area contributed by atoms with Crippen LogP contribution < -0.4 is 0 Å². The molecule has 122 valence electrons. The normalized spacial score (nSPS) is 14.5. The van der Waals surface area contributed by atoms with Gasteiger partial charge in [0.05, 0.1) is 0 Å². The van der Waals surface area contributed by atoms with Crippen molar-refractivity contribution in [2.45, 2.75) is 26.4 Å². The summed E-state index contributed by atoms with van der Waals surface area (Å²) < 4.78 is 0.586. The van der Waals surface area contributed by atoms with Crippen LogP contribution in [0.2, 0.25) is 0 Å². The van der Waals surface area contributed by atoms with Gasteiger partial charge in [0.2, 0.25) is 0 Å². The molecular formula is C19H19N3S2. The minimum atomic E-state index is 0.586. The van der Waals surface area contributed by atoms with Crippen LogP contribution in [-0.4, -0.2) is 21.4 Å². The summed E-state index contributed by atoms with van der Waals surface area (Å²) in [5.74, 6) is 0. The van der Waals surface area contributed by atoms with Gasteiger partial charge in [0.15, 0.2) is 4.77 Å². The van der Waals surface area contributed by atoms with E-state index in [0.29, 0.717) is 4.77 Å². The zero-order valence-corrected chi connectivity index (χ0v) is 15.2. The number of hydrogen-bond donors (Lipinski definition) is 1. The summed E-state index contributed by atoms with van der Waals surface area (Å²) in [4.78, 5) is 12.7. The monoisotopic (exact) mass is 353 g/mol. The van der Waals surface area contributed by atoms with Crippen LogP contribution in [0.3, 0.4) is 0 Å². The molecule has 5 heteroatoms. The summed E-state index contributed by atoms with van der Waals surface area (Å²) >= 11 is 7.00. The van der Waals surface area contributed by atoms with E-state index in [4.69, 9.17) is 12.2 Å². The first kappa shape index (κ1) is 15.7. The fraction of sp³-hybridized carbons (Fsp3) is 0.263. The highest BCUT2D eigenvalue weighted by molar-refractivity contribution is 7.71. The number of nitrogens with zero attached hydrogens (tertiary/aromatic N) is 2. The molecule has 1 aliphatic rings. The Balaban J connectivity index is 1.49. The summed E-state index contributed by atoms with van der Waals surface area (Å²) in [6.45, 7) is 5.13. The number of fused-ring (bicyclic) bond motifs is 1. The molecule has 0 spiro atoms. The number of thiophene rings is 1. The van der Waals surface area contributed by atoms with Crippen molar-refractivity contribution in [2.24, 2.45) is 0 Å². The van der Waals surface area contributed by atoms with Crippen LogP contribution in [0.25, 0.3) is 10.4 Å². The highest BCUT2D eigenvalue weighted by Gasteiger charge is 2.17. The molecular weight excluding hydrogens is 334 g/mol. The van der Waals surface area contributed by atoms with E-state index in [1.165, 1.54) is 32.1 Å². The highest BCUT2D eigenvalue weighted by atomic mass is 32.1. The largest absolute Gasteiger partial charge is 0.334 e. The van der Waals surface area contributed by atoms with E-state index >= 15 is 0 Å². The zero-order valence-electron chi connectivity index (χ0n) is 13.6. The van der Waals surface area contributed by atoms with Crippen molar-refractivity contribution < 1.29 is 0 Å². The average molecular weight is 354 g/mol. The molecule has 1 aliphatic heterocycles. The van der Waals surface area contributed by atoms with Crippen LogP contribution in [0.15, 0.2) is 42.6 Å². The maximum atomic E-state index is 5.11. The lowest BCUT2D eigenvalue weighted by Crippen LogP contribution is -2.30. The molecule has 0 atom stereocenters. The Labute approximate surface area is 151 Å². The SMILES string of the molecule is Cc1cccc(-c2ccc(CN3CCc4[nH]c(=S)ncc4C3)s2)c1. The summed E-state index contributed by atoms with van der Waals surface area (Å²) in [6, 6.07) is 13.2. The summed E-state index contributed by atoms with van der Waals surface area (Å²) in [5, 5.41) is 0. The van der Waals surface area contributed by atoms with Crippen LogP contribution in [0, 0.1) is 11.7 Å². The summed E-state index contributed by atoms with van der Waals surface area (Å²) in [7, 11) is 0. The van der Waals surface area contributed by atoms with Crippen molar-refractivity contribution in [1.29, 1.82) is 0 Å². The third-order valence-corrected chi connectivity index (χ3v) is 5.73. The molecule has 3 nitrogen and oxygen atoms in total. The number of benzene rings is 1. The molecule has 1 aromatic carbocycles. The first-order chi connectivity index (χ1) is 11.7. The second kappa shape index (κ2) is 6.59. The number of hydrogen-bond acceptors (Lipinski definition) is 4. The van der Waals surface area contributed by atoms with E-state index in [2.05, 4.69) is 58.2 Å². The Kier molecular flexibility index (Phi) is 4.31. The molecule has 0 aliphatic carbocycles. The highest BCUT2D eigenvalue weighted by Crippen LogP contribution is 2.30. The van der Waals surface area contributed by atoms with Crippen LogP contribution >= 0.6 is 23.6 Å². The van der Waals surface area contributed by atoms with Crippen molar-refractivity contribution in [3.63, 3.8) is 0 Å². The Hall–Kier alpha value is -1.82. The summed E-state index contributed by atoms with van der Waals surface area (Å²) in [6.07, 6.45) is 2.94. The molecule has 24 heavy (non-hydrogen) atoms. The molecule has 0 unspecified atom stereocenters. The molecule has 3 aromatic rings. The van der Waals surface area contributed by atoms with E-state index in [1.807, 2.05) is 17.5 Å². The molecule has 4 rings (SSSR count). The zero-order chi connectivity index (χ0) is 16.5. The van der Waals surface area contributed by atoms with Crippen molar-refractivity contribution in [2.75, 3.05) is 6.54 Å². The molecule has 0 radical (unpaired) electrons. The van der Waals surface area contributed by atoms with Crippen molar-refractivity contribution in [3.8, 4) is 10.4 Å². The van der Waals surface area contributed by atoms with Gasteiger partial charge in [-0.3, -0.25) is 4.90 Å². The molecule has 0 amide bonds. The van der Waals surface area contributed by atoms with E-state index in [-0.39, 0.29) is 0 Å². The van der Waals surface area contributed by atoms with Crippen LogP contribution in [0.1, 0.15) is 21.7 Å². The lowest BCUT2D eigenvalue weighted by molar-refractivity contribution is 0.245. The fourth-order valence-corrected chi connectivity index (χ4v) is 4.40. The lowest BCUT2D eigenvalue weighted by atomic mass is 10.1. The second-order valence-electron chi connectivity index (χ2n) is 6.29. The Morgan fingerprint density at radius 3 is 3.08 bits per heavy atom. The standard InChI is InChI=1S/C19H19N3S2/c1-13-3-2-4-14(9-13)18-6-5-16(24-18)12-22-8-7-17-15(11-22)10-20-19(23)21-17/h2-6,9-10H,7-8,11-12H2,1H3,(H,20,21,23). The second-order valence-corrected chi connectivity index (χ2v) is 7.84. The molecule has 0 saturated heterocycles. The average Bonchev–Trinajstić information content (AvgIpc) is 3.03. The number of aryl methyl sites for hydroxylation is 1. The van der Waals surface area contributed by atoms with E-state index in [9.17, 15) is 0 Å². The number of nitrogens with one attached hydrogen (secondary N) is 1. The molecule has 2 aromatic heterocycles. The van der Waals surface area contributed by atoms with Crippen molar-refractivity contribution >= 4 is 23.6 Å². The van der Waals surface area contributed by atoms with Gasteiger partial charge in [0.1, 0.15) is 0 Å². The molecule has 0 saturated carbocycles. The smallest absolute Gasteiger partial charge is 0.196 e. The Morgan fingerprint density at radius 1 is 1.29 bits per heavy atom. The summed E-state index contributed by atoms with van der Waals surface area (Å²) in [5.41, 5.74) is 5.13. The van der Waals surface area contributed by atoms with Gasteiger partial charge in [0.25, 0.3) is 0 Å². The van der Waals surface area contributed by atoms with Crippen LogP contribution in [0.5, 0.6) is 0 Å². The first-order valence-corrected chi connectivity index (χ1v) is 9.35. The number of aromatic nitrogens is 2. The minimum absolute atomic E-state index is 0.586. The van der Waals surface area contributed by atoms with Gasteiger partial charge >= 0.3 is 0 Å². The topological polar surface area (TPSA) is 31.9 Å². The van der Waals surface area contributed by atoms with E-state index < -0.39 is 0 Å². The minimum Gasteiger partial charge on any atom is -0.334 e. The quantitative estimate of drug-likeness (QED) is 0.691. The number of rotatable bonds is 3.